The molecular formula is C8H14N6O5. The molecule has 1 aliphatic rings. The molecule has 0 radical (unpaired) electrons. The van der Waals surface area contributed by atoms with Gasteiger partial charge in [-0.2, -0.15) is 0 Å². The van der Waals surface area contributed by atoms with E-state index in [4.69, 9.17) is 20.5 Å². The van der Waals surface area contributed by atoms with Crippen molar-refractivity contribution in [3.63, 3.8) is 0 Å². The van der Waals surface area contributed by atoms with Gasteiger partial charge in [-0.15, -0.1) is 0 Å². The number of rotatable bonds is 6. The van der Waals surface area contributed by atoms with E-state index in [0.717, 1.165) is 0 Å². The summed E-state index contributed by atoms with van der Waals surface area (Å²) in [6.07, 6.45) is -5.14. The Bertz CT molecular complexity index is 382. The first-order valence-corrected chi connectivity index (χ1v) is 5.42. The van der Waals surface area contributed by atoms with Crippen molar-refractivity contribution in [2.45, 2.75) is 30.6 Å². The lowest BCUT2D eigenvalue weighted by Crippen LogP contribution is -2.54. The third-order valence-corrected chi connectivity index (χ3v) is 2.48. The predicted molar refractivity (Wildman–Crippen MR) is 60.7 cm³/mol. The first-order valence-electron chi connectivity index (χ1n) is 5.42. The van der Waals surface area contributed by atoms with Crippen LogP contribution in [0.15, 0.2) is 10.2 Å². The summed E-state index contributed by atoms with van der Waals surface area (Å²) in [4.78, 5) is 5.09. The summed E-state index contributed by atoms with van der Waals surface area (Å²) in [6.45, 7) is -0.451. The fourth-order valence-corrected chi connectivity index (χ4v) is 1.46. The number of aliphatic hydroxyl groups is 3. The van der Waals surface area contributed by atoms with Gasteiger partial charge in [-0.3, -0.25) is 0 Å². The minimum Gasteiger partial charge on any atom is -0.388 e. The Labute approximate surface area is 107 Å². The van der Waals surface area contributed by atoms with E-state index in [1.165, 1.54) is 0 Å². The predicted octanol–water partition coefficient (Wildman–Crippen LogP) is -0.569. The Morgan fingerprint density at radius 2 is 2.00 bits per heavy atom. The second-order valence-electron chi connectivity index (χ2n) is 3.86. The van der Waals surface area contributed by atoms with E-state index in [1.54, 1.807) is 0 Å². The van der Waals surface area contributed by atoms with Gasteiger partial charge in [-0.1, -0.05) is 10.2 Å². The van der Waals surface area contributed by atoms with Crippen LogP contribution < -0.4 is 0 Å². The van der Waals surface area contributed by atoms with Crippen LogP contribution in [0, 0.1) is 0 Å². The molecule has 0 aromatic carbocycles. The summed E-state index contributed by atoms with van der Waals surface area (Å²) in [5.74, 6) is 0. The Hall–Kier alpha value is -1.58. The molecule has 1 fully saturated rings. The number of hydrogen-bond donors (Lipinski definition) is 3. The maximum atomic E-state index is 9.58. The van der Waals surface area contributed by atoms with Gasteiger partial charge in [-0.05, 0) is 11.1 Å². The highest BCUT2D eigenvalue weighted by Gasteiger charge is 2.38. The largest absolute Gasteiger partial charge is 0.388 e. The van der Waals surface area contributed by atoms with E-state index < -0.39 is 30.6 Å². The van der Waals surface area contributed by atoms with Crippen molar-refractivity contribution >= 4 is 0 Å². The molecule has 0 bridgehead atoms. The minimum atomic E-state index is -1.42. The lowest BCUT2D eigenvalue weighted by Gasteiger charge is -2.35. The number of azide groups is 2. The monoisotopic (exact) mass is 274 g/mol. The maximum Gasteiger partial charge on any atom is 0.186 e. The van der Waals surface area contributed by atoms with Crippen LogP contribution in [0.25, 0.3) is 20.9 Å². The molecule has 106 valence electrons. The highest BCUT2D eigenvalue weighted by Crippen LogP contribution is 2.17. The lowest BCUT2D eigenvalue weighted by molar-refractivity contribution is -0.270. The summed E-state index contributed by atoms with van der Waals surface area (Å²) < 4.78 is 10.1. The van der Waals surface area contributed by atoms with Gasteiger partial charge in [0.15, 0.2) is 6.29 Å². The van der Waals surface area contributed by atoms with Crippen molar-refractivity contribution in [2.75, 3.05) is 19.8 Å². The SMILES string of the molecule is [N-]=[N+]=NC[C@@H](CO[C@@H]1OC[C@@H](O)[C@H](O)[C@H]1O)N=[N+]=[N-]. The molecule has 0 aliphatic carbocycles. The van der Waals surface area contributed by atoms with Crippen LogP contribution in [0.3, 0.4) is 0 Å². The summed E-state index contributed by atoms with van der Waals surface area (Å²) >= 11 is 0. The zero-order valence-electron chi connectivity index (χ0n) is 9.85. The van der Waals surface area contributed by atoms with Gasteiger partial charge in [-0.25, -0.2) is 0 Å². The number of nitrogens with zero attached hydrogens (tertiary/aromatic N) is 6. The Kier molecular flexibility index (Phi) is 6.33. The molecular weight excluding hydrogens is 260 g/mol. The first kappa shape index (κ1) is 15.5. The fourth-order valence-electron chi connectivity index (χ4n) is 1.46. The van der Waals surface area contributed by atoms with Gasteiger partial charge in [0.2, 0.25) is 0 Å². The van der Waals surface area contributed by atoms with E-state index in [1.807, 2.05) is 0 Å². The van der Waals surface area contributed by atoms with E-state index in [0.29, 0.717) is 0 Å². The zero-order chi connectivity index (χ0) is 14.3. The third kappa shape index (κ3) is 4.54. The molecule has 0 amide bonds. The normalized spacial score (nSPS) is 31.9. The smallest absolute Gasteiger partial charge is 0.186 e. The average molecular weight is 274 g/mol. The van der Waals surface area contributed by atoms with Crippen LogP contribution in [0.1, 0.15) is 0 Å². The van der Waals surface area contributed by atoms with E-state index in [2.05, 4.69) is 20.1 Å². The molecule has 11 nitrogen and oxygen atoms in total. The second kappa shape index (κ2) is 7.77. The van der Waals surface area contributed by atoms with E-state index in [9.17, 15) is 15.3 Å². The van der Waals surface area contributed by atoms with Crippen molar-refractivity contribution in [1.82, 2.24) is 0 Å². The van der Waals surface area contributed by atoms with E-state index >= 15 is 0 Å². The highest BCUT2D eigenvalue weighted by atomic mass is 16.7. The minimum absolute atomic E-state index is 0.103. The molecule has 1 rings (SSSR count). The molecule has 0 unspecified atom stereocenters. The molecule has 19 heavy (non-hydrogen) atoms. The molecule has 1 saturated heterocycles. The van der Waals surface area contributed by atoms with Crippen LogP contribution in [0.5, 0.6) is 0 Å². The Balaban J connectivity index is 2.49. The van der Waals surface area contributed by atoms with Crippen LogP contribution in [-0.2, 0) is 9.47 Å². The van der Waals surface area contributed by atoms with Gasteiger partial charge in [0.1, 0.15) is 18.3 Å². The van der Waals surface area contributed by atoms with Gasteiger partial charge in [0.25, 0.3) is 0 Å². The summed E-state index contributed by atoms with van der Waals surface area (Å²) in [6, 6.07) is -0.749. The van der Waals surface area contributed by atoms with Crippen molar-refractivity contribution < 1.29 is 24.8 Å². The van der Waals surface area contributed by atoms with Crippen molar-refractivity contribution in [3.05, 3.63) is 20.9 Å². The molecule has 3 N–H and O–H groups in total. The van der Waals surface area contributed by atoms with Gasteiger partial charge >= 0.3 is 0 Å². The van der Waals surface area contributed by atoms with Crippen molar-refractivity contribution in [3.8, 4) is 0 Å². The Morgan fingerprint density at radius 3 is 2.63 bits per heavy atom. The topological polar surface area (TPSA) is 177 Å². The average Bonchev–Trinajstić information content (AvgIpc) is 2.41. The van der Waals surface area contributed by atoms with Gasteiger partial charge in [0, 0.05) is 16.4 Å². The standard InChI is InChI=1S/C8H14N6O5/c9-13-11-1-4(12-14-10)2-18-8-7(17)6(16)5(15)3-19-8/h4-8,15-17H,1-3H2/t4-,5+,6-,7+,8+/m0/s1. The number of ether oxygens (including phenoxy) is 2. The number of aliphatic hydroxyl groups excluding tert-OH is 3. The van der Waals surface area contributed by atoms with Crippen LogP contribution in [0.4, 0.5) is 0 Å². The van der Waals surface area contributed by atoms with Crippen LogP contribution in [0.2, 0.25) is 0 Å². The summed E-state index contributed by atoms with van der Waals surface area (Å²) in [5, 5.41) is 34.8. The lowest BCUT2D eigenvalue weighted by atomic mass is 10.1. The first-order chi connectivity index (χ1) is 9.10. The van der Waals surface area contributed by atoms with Crippen molar-refractivity contribution in [2.24, 2.45) is 10.2 Å². The Morgan fingerprint density at radius 1 is 1.26 bits per heavy atom. The van der Waals surface area contributed by atoms with Gasteiger partial charge in [0.05, 0.1) is 19.3 Å². The molecule has 0 aromatic rings. The fraction of sp³-hybridized carbons (Fsp3) is 1.00. The van der Waals surface area contributed by atoms with Crippen LogP contribution in [-0.4, -0.2) is 65.7 Å². The molecule has 0 saturated carbocycles. The second-order valence-corrected chi connectivity index (χ2v) is 3.86. The number of hydrogen-bond acceptors (Lipinski definition) is 7. The molecule has 5 atom stereocenters. The third-order valence-electron chi connectivity index (χ3n) is 2.48. The molecule has 0 aromatic heterocycles. The maximum absolute atomic E-state index is 9.58. The molecule has 1 heterocycles. The van der Waals surface area contributed by atoms with E-state index in [-0.39, 0.29) is 19.8 Å². The van der Waals surface area contributed by atoms with Crippen molar-refractivity contribution in [1.29, 1.82) is 0 Å². The quantitative estimate of drug-likeness (QED) is 0.333. The van der Waals surface area contributed by atoms with Gasteiger partial charge < -0.3 is 24.8 Å². The molecule has 11 heteroatoms. The van der Waals surface area contributed by atoms with Crippen LogP contribution >= 0.6 is 0 Å². The zero-order valence-corrected chi connectivity index (χ0v) is 9.85. The highest BCUT2D eigenvalue weighted by molar-refractivity contribution is 4.83. The molecule has 0 spiro atoms. The summed E-state index contributed by atoms with van der Waals surface area (Å²) in [7, 11) is 0. The molecule has 1 aliphatic heterocycles. The summed E-state index contributed by atoms with van der Waals surface area (Å²) in [5.41, 5.74) is 16.5.